The van der Waals surface area contributed by atoms with E-state index >= 15 is 0 Å². The number of ether oxygens (including phenoxy) is 8. The quantitative estimate of drug-likeness (QED) is 0.156. The zero-order valence-corrected chi connectivity index (χ0v) is 39.9. The fourth-order valence-electron chi connectivity index (χ4n) is 7.78. The van der Waals surface area contributed by atoms with Crippen molar-refractivity contribution in [3.05, 3.63) is 92.5 Å². The smallest absolute Gasteiger partial charge is 0.410 e. The van der Waals surface area contributed by atoms with Gasteiger partial charge in [0.1, 0.15) is 11.2 Å². The summed E-state index contributed by atoms with van der Waals surface area (Å²) in [7, 11) is 9.41. The first-order chi connectivity index (χ1) is 29.8. The van der Waals surface area contributed by atoms with Gasteiger partial charge in [0, 0.05) is 13.1 Å². The minimum Gasteiger partial charge on any atom is -0.504 e. The van der Waals surface area contributed by atoms with Crippen molar-refractivity contribution in [1.82, 2.24) is 9.80 Å². The molecule has 2 atom stereocenters. The van der Waals surface area contributed by atoms with Gasteiger partial charge in [-0.25, -0.2) is 9.59 Å². The van der Waals surface area contributed by atoms with E-state index in [1.807, 2.05) is 77.9 Å². The van der Waals surface area contributed by atoms with Crippen LogP contribution in [0.25, 0.3) is 0 Å². The summed E-state index contributed by atoms with van der Waals surface area (Å²) in [6.07, 6.45) is 1.56. The second kappa shape index (κ2) is 20.2. The van der Waals surface area contributed by atoms with Crippen LogP contribution < -0.4 is 28.4 Å². The van der Waals surface area contributed by atoms with E-state index in [2.05, 4.69) is 15.9 Å². The van der Waals surface area contributed by atoms with Crippen LogP contribution >= 0.6 is 15.9 Å². The van der Waals surface area contributed by atoms with Crippen LogP contribution in [0.15, 0.2) is 59.1 Å². The van der Waals surface area contributed by atoms with E-state index in [4.69, 9.17) is 37.9 Å². The molecule has 0 aromatic heterocycles. The Bertz CT molecular complexity index is 2270. The van der Waals surface area contributed by atoms with Gasteiger partial charge in [-0.1, -0.05) is 12.1 Å². The standard InChI is InChI=1S/C24H30BrNO6.C24H31NO6/c1-24(2,3)32-23(28)26-10-9-14-12-19(30-5)20(31-6)13-16(14)17(26)11-15-7-8-18(29-4)22(27)21(15)25;1-24(2,3)31-23(27)25-10-9-16-13-21(29-5)22(30-6)14-17(16)18(25)11-15-7-8-20(28-4)19(26)12-15/h7-8,12-13,17,27H,9-11H2,1-6H3;7-8,12-14,18,26H,9-11H2,1-6H3. The summed E-state index contributed by atoms with van der Waals surface area (Å²) < 4.78 is 44.2. The fourth-order valence-corrected chi connectivity index (χ4v) is 8.27. The Morgan fingerprint density at radius 3 is 1.41 bits per heavy atom. The van der Waals surface area contributed by atoms with Crippen molar-refractivity contribution in [2.75, 3.05) is 55.7 Å². The Morgan fingerprint density at radius 2 is 1.00 bits per heavy atom. The number of carbonyl (C=O) groups excluding carboxylic acids is 2. The maximum atomic E-state index is 13.1. The average Bonchev–Trinajstić information content (AvgIpc) is 3.23. The molecular formula is C48H61BrN2O12. The molecule has 63 heavy (non-hydrogen) atoms. The molecule has 342 valence electrons. The van der Waals surface area contributed by atoms with Crippen LogP contribution in [0.2, 0.25) is 0 Å². The number of phenolic OH excluding ortho intramolecular Hbond substituents is 2. The van der Waals surface area contributed by atoms with Crippen LogP contribution in [0.5, 0.6) is 46.0 Å². The highest BCUT2D eigenvalue weighted by molar-refractivity contribution is 9.10. The zero-order chi connectivity index (χ0) is 46.4. The predicted octanol–water partition coefficient (Wildman–Crippen LogP) is 9.75. The minimum absolute atomic E-state index is 0.0252. The molecule has 2 aliphatic heterocycles. The third-order valence-electron chi connectivity index (χ3n) is 10.7. The van der Waals surface area contributed by atoms with E-state index in [0.29, 0.717) is 77.7 Å². The lowest BCUT2D eigenvalue weighted by Crippen LogP contribution is -2.43. The van der Waals surface area contributed by atoms with E-state index in [0.717, 1.165) is 33.4 Å². The van der Waals surface area contributed by atoms with Gasteiger partial charge in [0.15, 0.2) is 46.0 Å². The van der Waals surface area contributed by atoms with Crippen molar-refractivity contribution < 1.29 is 57.7 Å². The summed E-state index contributed by atoms with van der Waals surface area (Å²) in [5, 5.41) is 20.7. The molecule has 2 aliphatic rings. The maximum absolute atomic E-state index is 13.1. The summed E-state index contributed by atoms with van der Waals surface area (Å²) in [6, 6.07) is 16.1. The summed E-state index contributed by atoms with van der Waals surface area (Å²) >= 11 is 3.49. The highest BCUT2D eigenvalue weighted by atomic mass is 79.9. The lowest BCUT2D eigenvalue weighted by atomic mass is 9.88. The van der Waals surface area contributed by atoms with Crippen LogP contribution in [0.1, 0.15) is 87.0 Å². The molecule has 2 unspecified atom stereocenters. The van der Waals surface area contributed by atoms with Crippen LogP contribution in [0, 0.1) is 0 Å². The first-order valence-electron chi connectivity index (χ1n) is 20.6. The van der Waals surface area contributed by atoms with E-state index < -0.39 is 11.2 Å². The van der Waals surface area contributed by atoms with Crippen LogP contribution in [0.4, 0.5) is 9.59 Å². The SMILES string of the molecule is COc1cc2c(cc1OC)C(Cc1ccc(OC)c(O)c1Br)N(C(=O)OC(C)(C)C)CC2.COc1ccc(CC2c3cc(OC)c(OC)cc3CCN2C(=O)OC(C)(C)C)cc1O. The van der Waals surface area contributed by atoms with Crippen molar-refractivity contribution in [2.45, 2.75) is 90.5 Å². The predicted molar refractivity (Wildman–Crippen MR) is 242 cm³/mol. The highest BCUT2D eigenvalue weighted by Gasteiger charge is 2.37. The van der Waals surface area contributed by atoms with E-state index in [9.17, 15) is 19.8 Å². The van der Waals surface area contributed by atoms with Crippen molar-refractivity contribution >= 4 is 28.1 Å². The lowest BCUT2D eigenvalue weighted by molar-refractivity contribution is 0.0130. The third kappa shape index (κ3) is 11.5. The van der Waals surface area contributed by atoms with Gasteiger partial charge in [0.05, 0.1) is 59.2 Å². The second-order valence-corrected chi connectivity index (χ2v) is 18.0. The Labute approximate surface area is 379 Å². The van der Waals surface area contributed by atoms with E-state index in [1.54, 1.807) is 56.4 Å². The van der Waals surface area contributed by atoms with Gasteiger partial charge >= 0.3 is 12.2 Å². The first kappa shape index (κ1) is 48.3. The van der Waals surface area contributed by atoms with Gasteiger partial charge in [0.25, 0.3) is 0 Å². The number of methoxy groups -OCH3 is 6. The maximum Gasteiger partial charge on any atom is 0.410 e. The Balaban J connectivity index is 0.000000238. The number of halogens is 1. The van der Waals surface area contributed by atoms with Crippen LogP contribution in [0.3, 0.4) is 0 Å². The second-order valence-electron chi connectivity index (χ2n) is 17.2. The molecule has 0 aliphatic carbocycles. The molecule has 0 fully saturated rings. The molecular weight excluding hydrogens is 876 g/mol. The molecule has 6 rings (SSSR count). The average molecular weight is 938 g/mol. The monoisotopic (exact) mass is 936 g/mol. The van der Waals surface area contributed by atoms with Crippen molar-refractivity contribution in [2.24, 2.45) is 0 Å². The number of amides is 2. The number of fused-ring (bicyclic) bond motifs is 2. The Kier molecular flexibility index (Phi) is 15.5. The summed E-state index contributed by atoms with van der Waals surface area (Å²) in [5.41, 5.74) is 4.62. The molecule has 2 heterocycles. The van der Waals surface area contributed by atoms with Crippen LogP contribution in [-0.2, 0) is 35.2 Å². The Hall–Kier alpha value is -5.70. The molecule has 0 spiro atoms. The van der Waals surface area contributed by atoms with Gasteiger partial charge in [-0.15, -0.1) is 0 Å². The van der Waals surface area contributed by atoms with Crippen molar-refractivity contribution in [1.29, 1.82) is 0 Å². The lowest BCUT2D eigenvalue weighted by Gasteiger charge is -2.38. The molecule has 0 saturated heterocycles. The van der Waals surface area contributed by atoms with E-state index in [1.165, 1.54) is 14.2 Å². The zero-order valence-electron chi connectivity index (χ0n) is 38.3. The third-order valence-corrected chi connectivity index (χ3v) is 11.6. The molecule has 4 aromatic carbocycles. The number of aromatic hydroxyl groups is 2. The molecule has 0 bridgehead atoms. The summed E-state index contributed by atoms with van der Waals surface area (Å²) in [5.74, 6) is 3.38. The van der Waals surface area contributed by atoms with Gasteiger partial charge in [-0.05, 0) is 159 Å². The number of hydrogen-bond acceptors (Lipinski definition) is 12. The largest absolute Gasteiger partial charge is 0.504 e. The Morgan fingerprint density at radius 1 is 0.587 bits per heavy atom. The highest BCUT2D eigenvalue weighted by Crippen LogP contribution is 2.44. The van der Waals surface area contributed by atoms with E-state index in [-0.39, 0.29) is 35.8 Å². The fraction of sp³-hybridized carbons (Fsp3) is 0.458. The molecule has 4 aromatic rings. The van der Waals surface area contributed by atoms with Gasteiger partial charge in [0.2, 0.25) is 0 Å². The van der Waals surface area contributed by atoms with Gasteiger partial charge in [-0.3, -0.25) is 0 Å². The van der Waals surface area contributed by atoms with Crippen LogP contribution in [-0.4, -0.2) is 99.1 Å². The number of nitrogens with zero attached hydrogens (tertiary/aromatic N) is 2. The molecule has 0 saturated carbocycles. The van der Waals surface area contributed by atoms with Crippen molar-refractivity contribution in [3.63, 3.8) is 0 Å². The number of carbonyl (C=O) groups is 2. The van der Waals surface area contributed by atoms with Gasteiger partial charge < -0.3 is 57.9 Å². The molecule has 2 N–H and O–H groups in total. The number of hydrogen-bond donors (Lipinski definition) is 2. The number of benzene rings is 4. The first-order valence-corrected chi connectivity index (χ1v) is 21.4. The molecule has 0 radical (unpaired) electrons. The minimum atomic E-state index is -0.613. The van der Waals surface area contributed by atoms with Gasteiger partial charge in [-0.2, -0.15) is 0 Å². The molecule has 2 amide bonds. The number of rotatable bonds is 10. The number of phenols is 2. The topological polar surface area (TPSA) is 155 Å². The van der Waals surface area contributed by atoms with Crippen molar-refractivity contribution in [3.8, 4) is 46.0 Å². The summed E-state index contributed by atoms with van der Waals surface area (Å²) in [6.45, 7) is 12.1. The molecule has 14 nitrogen and oxygen atoms in total. The normalized spacial score (nSPS) is 15.8. The summed E-state index contributed by atoms with van der Waals surface area (Å²) in [4.78, 5) is 29.7. The molecule has 15 heteroatoms.